The zero-order valence-electron chi connectivity index (χ0n) is 17.6. The van der Waals surface area contributed by atoms with Gasteiger partial charge < -0.3 is 15.0 Å². The van der Waals surface area contributed by atoms with E-state index >= 15 is 0 Å². The van der Waals surface area contributed by atoms with E-state index in [4.69, 9.17) is 27.9 Å². The highest BCUT2D eigenvalue weighted by Crippen LogP contribution is 2.23. The summed E-state index contributed by atoms with van der Waals surface area (Å²) in [5, 5.41) is 3.75. The minimum atomic E-state index is -0.612. The molecule has 0 radical (unpaired) electrons. The third-order valence-corrected chi connectivity index (χ3v) is 5.59. The lowest BCUT2D eigenvalue weighted by Crippen LogP contribution is -2.48. The van der Waals surface area contributed by atoms with Gasteiger partial charge in [0.05, 0.1) is 23.6 Å². The van der Waals surface area contributed by atoms with Gasteiger partial charge in [0.1, 0.15) is 11.8 Å². The Kier molecular flexibility index (Phi) is 9.47. The summed E-state index contributed by atoms with van der Waals surface area (Å²) in [5.41, 5.74) is 1.65. The summed E-state index contributed by atoms with van der Waals surface area (Å²) in [6.45, 7) is 4.72. The van der Waals surface area contributed by atoms with E-state index in [9.17, 15) is 9.59 Å². The van der Waals surface area contributed by atoms with Crippen molar-refractivity contribution in [1.29, 1.82) is 0 Å². The Morgan fingerprint density at radius 1 is 1.07 bits per heavy atom. The number of rotatable bonds is 10. The van der Waals surface area contributed by atoms with Crippen LogP contribution in [0.15, 0.2) is 42.5 Å². The topological polar surface area (TPSA) is 58.6 Å². The van der Waals surface area contributed by atoms with E-state index in [0.29, 0.717) is 23.1 Å². The standard InChI is InChI=1S/C23H28Cl2N2O3/c1-4-5-12-26-23(29)16(2)27(15-17-6-9-19(30-3)10-7-17)22(28)14-18-8-11-20(24)21(25)13-18/h6-11,13,16H,4-5,12,14-15H2,1-3H3,(H,26,29)/t16-/m0/s1. The minimum absolute atomic E-state index is 0.125. The smallest absolute Gasteiger partial charge is 0.242 e. The van der Waals surface area contributed by atoms with E-state index in [2.05, 4.69) is 12.2 Å². The second-order valence-electron chi connectivity index (χ2n) is 7.12. The summed E-state index contributed by atoms with van der Waals surface area (Å²) in [7, 11) is 1.60. The van der Waals surface area contributed by atoms with Gasteiger partial charge in [0, 0.05) is 13.1 Å². The fourth-order valence-electron chi connectivity index (χ4n) is 2.97. The summed E-state index contributed by atoms with van der Waals surface area (Å²) >= 11 is 12.1. The molecule has 1 N–H and O–H groups in total. The van der Waals surface area contributed by atoms with E-state index in [1.165, 1.54) is 0 Å². The van der Waals surface area contributed by atoms with Crippen LogP contribution in [0.25, 0.3) is 0 Å². The minimum Gasteiger partial charge on any atom is -0.497 e. The number of ether oxygens (including phenoxy) is 1. The van der Waals surface area contributed by atoms with Crippen LogP contribution in [0.5, 0.6) is 5.75 Å². The number of halogens is 2. The summed E-state index contributed by atoms with van der Waals surface area (Å²) in [4.78, 5) is 27.4. The molecule has 2 amide bonds. The second-order valence-corrected chi connectivity index (χ2v) is 7.93. The molecule has 0 fully saturated rings. The molecular formula is C23H28Cl2N2O3. The number of hydrogen-bond donors (Lipinski definition) is 1. The number of hydrogen-bond acceptors (Lipinski definition) is 3. The van der Waals surface area contributed by atoms with Crippen molar-refractivity contribution < 1.29 is 14.3 Å². The number of benzene rings is 2. The highest BCUT2D eigenvalue weighted by atomic mass is 35.5. The largest absolute Gasteiger partial charge is 0.497 e. The van der Waals surface area contributed by atoms with Crippen LogP contribution in [0.4, 0.5) is 0 Å². The first kappa shape index (κ1) is 24.0. The average Bonchev–Trinajstić information content (AvgIpc) is 2.74. The lowest BCUT2D eigenvalue weighted by atomic mass is 10.1. The molecule has 0 saturated carbocycles. The summed E-state index contributed by atoms with van der Waals surface area (Å²) in [6, 6.07) is 12.0. The summed E-state index contributed by atoms with van der Waals surface area (Å²) < 4.78 is 5.19. The van der Waals surface area contributed by atoms with Crippen molar-refractivity contribution in [2.45, 2.75) is 45.7 Å². The van der Waals surface area contributed by atoms with Crippen LogP contribution in [-0.4, -0.2) is 36.4 Å². The van der Waals surface area contributed by atoms with E-state index in [1.807, 2.05) is 24.3 Å². The van der Waals surface area contributed by atoms with Gasteiger partial charge in [-0.1, -0.05) is 54.7 Å². The Labute approximate surface area is 188 Å². The van der Waals surface area contributed by atoms with Crippen LogP contribution in [0.2, 0.25) is 10.0 Å². The first-order valence-corrected chi connectivity index (χ1v) is 10.7. The third kappa shape index (κ3) is 6.92. The Bertz CT molecular complexity index is 856. The number of methoxy groups -OCH3 is 1. The van der Waals surface area contributed by atoms with Gasteiger partial charge in [0.2, 0.25) is 11.8 Å². The van der Waals surface area contributed by atoms with Crippen LogP contribution < -0.4 is 10.1 Å². The molecule has 0 aromatic heterocycles. The molecule has 5 nitrogen and oxygen atoms in total. The van der Waals surface area contributed by atoms with Gasteiger partial charge in [0.15, 0.2) is 0 Å². The lowest BCUT2D eigenvalue weighted by molar-refractivity contribution is -0.140. The number of nitrogens with zero attached hydrogens (tertiary/aromatic N) is 1. The average molecular weight is 451 g/mol. The van der Waals surface area contributed by atoms with E-state index in [0.717, 1.165) is 29.7 Å². The van der Waals surface area contributed by atoms with Gasteiger partial charge >= 0.3 is 0 Å². The van der Waals surface area contributed by atoms with Gasteiger partial charge in [-0.3, -0.25) is 9.59 Å². The Morgan fingerprint density at radius 2 is 1.73 bits per heavy atom. The molecule has 2 aromatic carbocycles. The fourth-order valence-corrected chi connectivity index (χ4v) is 3.29. The maximum absolute atomic E-state index is 13.2. The maximum atomic E-state index is 13.2. The predicted octanol–water partition coefficient (Wildman–Crippen LogP) is 4.88. The maximum Gasteiger partial charge on any atom is 0.242 e. The predicted molar refractivity (Wildman–Crippen MR) is 121 cm³/mol. The first-order chi connectivity index (χ1) is 14.3. The number of amides is 2. The van der Waals surface area contributed by atoms with E-state index in [1.54, 1.807) is 37.1 Å². The van der Waals surface area contributed by atoms with E-state index < -0.39 is 6.04 Å². The van der Waals surface area contributed by atoms with Crippen LogP contribution in [-0.2, 0) is 22.6 Å². The molecule has 0 saturated heterocycles. The van der Waals surface area contributed by atoms with Gasteiger partial charge in [-0.15, -0.1) is 0 Å². The van der Waals surface area contributed by atoms with Crippen molar-refractivity contribution in [3.63, 3.8) is 0 Å². The normalized spacial score (nSPS) is 11.6. The molecule has 0 aliphatic rings. The van der Waals surface area contributed by atoms with Crippen LogP contribution >= 0.6 is 23.2 Å². The highest BCUT2D eigenvalue weighted by molar-refractivity contribution is 6.42. The van der Waals surface area contributed by atoms with Crippen LogP contribution in [0.1, 0.15) is 37.8 Å². The molecule has 1 atom stereocenters. The molecule has 0 aliphatic carbocycles. The molecule has 0 unspecified atom stereocenters. The van der Waals surface area contributed by atoms with Gasteiger partial charge in [0.25, 0.3) is 0 Å². The summed E-state index contributed by atoms with van der Waals surface area (Å²) in [6.07, 6.45) is 2.01. The molecule has 30 heavy (non-hydrogen) atoms. The Balaban J connectivity index is 2.20. The van der Waals surface area contributed by atoms with Crippen molar-refractivity contribution in [1.82, 2.24) is 10.2 Å². The molecular weight excluding hydrogens is 423 g/mol. The van der Waals surface area contributed by atoms with Crippen molar-refractivity contribution >= 4 is 35.0 Å². The van der Waals surface area contributed by atoms with Gasteiger partial charge in [-0.25, -0.2) is 0 Å². The molecule has 0 aliphatic heterocycles. The molecule has 7 heteroatoms. The van der Waals surface area contributed by atoms with Crippen molar-refractivity contribution in [2.75, 3.05) is 13.7 Å². The number of unbranched alkanes of at least 4 members (excludes halogenated alkanes) is 1. The molecule has 2 aromatic rings. The highest BCUT2D eigenvalue weighted by Gasteiger charge is 2.26. The van der Waals surface area contributed by atoms with Crippen LogP contribution in [0.3, 0.4) is 0 Å². The van der Waals surface area contributed by atoms with Crippen LogP contribution in [0, 0.1) is 0 Å². The quantitative estimate of drug-likeness (QED) is 0.524. The molecule has 162 valence electrons. The monoisotopic (exact) mass is 450 g/mol. The third-order valence-electron chi connectivity index (χ3n) is 4.85. The van der Waals surface area contributed by atoms with E-state index in [-0.39, 0.29) is 18.2 Å². The molecule has 0 heterocycles. The van der Waals surface area contributed by atoms with Crippen molar-refractivity contribution in [2.24, 2.45) is 0 Å². The number of carbonyl (C=O) groups excluding carboxylic acids is 2. The molecule has 0 spiro atoms. The Hall–Kier alpha value is -2.24. The fraction of sp³-hybridized carbons (Fsp3) is 0.391. The van der Waals surface area contributed by atoms with Gasteiger partial charge in [-0.05, 0) is 48.7 Å². The zero-order chi connectivity index (χ0) is 22.1. The SMILES string of the molecule is CCCCNC(=O)[C@H](C)N(Cc1ccc(OC)cc1)C(=O)Cc1ccc(Cl)c(Cl)c1. The van der Waals surface area contributed by atoms with Gasteiger partial charge in [-0.2, -0.15) is 0 Å². The molecule has 0 bridgehead atoms. The Morgan fingerprint density at radius 3 is 2.33 bits per heavy atom. The van der Waals surface area contributed by atoms with Crippen molar-refractivity contribution in [3.05, 3.63) is 63.6 Å². The number of carbonyl (C=O) groups is 2. The summed E-state index contributed by atoms with van der Waals surface area (Å²) in [5.74, 6) is 0.402. The number of nitrogens with one attached hydrogen (secondary N) is 1. The zero-order valence-corrected chi connectivity index (χ0v) is 19.1. The van der Waals surface area contributed by atoms with Crippen molar-refractivity contribution in [3.8, 4) is 5.75 Å². The second kappa shape index (κ2) is 11.8. The molecule has 2 rings (SSSR count). The first-order valence-electron chi connectivity index (χ1n) is 9.99. The lowest BCUT2D eigenvalue weighted by Gasteiger charge is -2.29.